The molecule has 0 spiro atoms. The number of carbonyl (C=O) groups is 1. The van der Waals surface area contributed by atoms with Crippen molar-refractivity contribution in [2.75, 3.05) is 0 Å². The van der Waals surface area contributed by atoms with E-state index in [0.717, 1.165) is 34.5 Å². The van der Waals surface area contributed by atoms with Crippen LogP contribution in [0.4, 0.5) is 0 Å². The summed E-state index contributed by atoms with van der Waals surface area (Å²) >= 11 is 0. The van der Waals surface area contributed by atoms with Crippen molar-refractivity contribution in [1.29, 1.82) is 0 Å². The lowest BCUT2D eigenvalue weighted by atomic mass is 9.81. The van der Waals surface area contributed by atoms with Gasteiger partial charge in [-0.05, 0) is 51.3 Å². The van der Waals surface area contributed by atoms with Crippen molar-refractivity contribution in [3.8, 4) is 0 Å². The summed E-state index contributed by atoms with van der Waals surface area (Å²) in [4.78, 5) is 16.3. The fraction of sp³-hybridized carbons (Fsp3) is 0.375. The Morgan fingerprint density at radius 1 is 1.39 bits per heavy atom. The van der Waals surface area contributed by atoms with Crippen LogP contribution in [0.3, 0.4) is 0 Å². The second-order valence-electron chi connectivity index (χ2n) is 5.14. The summed E-state index contributed by atoms with van der Waals surface area (Å²) in [5.41, 5.74) is 6.04. The highest BCUT2D eigenvalue weighted by atomic mass is 16.1. The maximum absolute atomic E-state index is 11.6. The van der Waals surface area contributed by atoms with Gasteiger partial charge >= 0.3 is 0 Å². The molecule has 0 N–H and O–H groups in total. The highest BCUT2D eigenvalue weighted by molar-refractivity contribution is 5.95. The predicted octanol–water partition coefficient (Wildman–Crippen LogP) is 4.06. The minimum atomic E-state index is 0.0791. The van der Waals surface area contributed by atoms with E-state index < -0.39 is 0 Å². The third-order valence-electron chi connectivity index (χ3n) is 3.63. The van der Waals surface area contributed by atoms with Gasteiger partial charge in [0.05, 0.1) is 5.69 Å². The number of hydrogen-bond acceptors (Lipinski definition) is 2. The first-order chi connectivity index (χ1) is 8.41. The molecule has 0 bridgehead atoms. The Balaban J connectivity index is 2.67. The van der Waals surface area contributed by atoms with Crippen molar-refractivity contribution in [2.24, 2.45) is 0 Å². The van der Waals surface area contributed by atoms with E-state index in [2.05, 4.69) is 24.6 Å². The third kappa shape index (κ3) is 2.03. The lowest BCUT2D eigenvalue weighted by Crippen LogP contribution is -2.12. The zero-order chi connectivity index (χ0) is 13.4. The van der Waals surface area contributed by atoms with E-state index in [0.29, 0.717) is 0 Å². The first kappa shape index (κ1) is 12.7. The van der Waals surface area contributed by atoms with Gasteiger partial charge in [0.1, 0.15) is 0 Å². The molecule has 1 aliphatic carbocycles. The molecule has 94 valence electrons. The molecule has 0 radical (unpaired) electrons. The number of ketones is 1. The lowest BCUT2D eigenvalue weighted by Gasteiger charge is -2.25. The monoisotopic (exact) mass is 241 g/mol. The largest absolute Gasteiger partial charge is 0.294 e. The Bertz CT molecular complexity index is 567. The van der Waals surface area contributed by atoms with Gasteiger partial charge in [0.15, 0.2) is 5.78 Å². The molecule has 1 heterocycles. The van der Waals surface area contributed by atoms with Crippen LogP contribution in [-0.4, -0.2) is 10.8 Å². The fourth-order valence-corrected chi connectivity index (χ4v) is 2.54. The van der Waals surface area contributed by atoms with Crippen molar-refractivity contribution in [3.63, 3.8) is 0 Å². The van der Waals surface area contributed by atoms with Gasteiger partial charge in [0.25, 0.3) is 0 Å². The molecule has 0 aliphatic heterocycles. The van der Waals surface area contributed by atoms with Gasteiger partial charge in [-0.1, -0.05) is 18.2 Å². The molecule has 1 unspecified atom stereocenters. The van der Waals surface area contributed by atoms with Gasteiger partial charge in [0, 0.05) is 17.2 Å². The van der Waals surface area contributed by atoms with Crippen LogP contribution in [-0.2, 0) is 0 Å². The molecule has 0 aromatic carbocycles. The molecule has 2 rings (SSSR count). The van der Waals surface area contributed by atoms with E-state index in [1.165, 1.54) is 5.57 Å². The molecule has 0 fully saturated rings. The second kappa shape index (κ2) is 4.52. The molecule has 1 aromatic rings. The van der Waals surface area contributed by atoms with Crippen molar-refractivity contribution < 1.29 is 4.79 Å². The van der Waals surface area contributed by atoms with Gasteiger partial charge in [-0.25, -0.2) is 0 Å². The van der Waals surface area contributed by atoms with Crippen LogP contribution in [0.1, 0.15) is 60.4 Å². The summed E-state index contributed by atoms with van der Waals surface area (Å²) in [5.74, 6) is 0.366. The van der Waals surface area contributed by atoms with Crippen LogP contribution < -0.4 is 0 Å². The zero-order valence-corrected chi connectivity index (χ0v) is 11.5. The molecule has 18 heavy (non-hydrogen) atoms. The SMILES string of the molecule is C=C(C)C1CC=C(C)c2nc(C)c(C(C)=O)cc21. The average Bonchev–Trinajstić information content (AvgIpc) is 2.28. The summed E-state index contributed by atoms with van der Waals surface area (Å²) in [6.45, 7) is 11.7. The van der Waals surface area contributed by atoms with Crippen LogP contribution in [0.25, 0.3) is 5.57 Å². The lowest BCUT2D eigenvalue weighted by molar-refractivity contribution is 0.101. The number of aromatic nitrogens is 1. The number of carbonyl (C=O) groups excluding carboxylic acids is 1. The molecular formula is C16H19NO. The third-order valence-corrected chi connectivity index (χ3v) is 3.63. The highest BCUT2D eigenvalue weighted by Crippen LogP contribution is 2.37. The fourth-order valence-electron chi connectivity index (χ4n) is 2.54. The van der Waals surface area contributed by atoms with E-state index in [1.807, 2.05) is 19.9 Å². The van der Waals surface area contributed by atoms with Crippen LogP contribution in [0.2, 0.25) is 0 Å². The maximum atomic E-state index is 11.6. The number of allylic oxidation sites excluding steroid dienone is 3. The van der Waals surface area contributed by atoms with Crippen LogP contribution in [0.15, 0.2) is 24.3 Å². The van der Waals surface area contributed by atoms with Crippen LogP contribution in [0.5, 0.6) is 0 Å². The smallest absolute Gasteiger partial charge is 0.161 e. The molecule has 1 aliphatic rings. The van der Waals surface area contributed by atoms with Crippen molar-refractivity contribution in [3.05, 3.63) is 46.8 Å². The molecule has 1 atom stereocenters. The Morgan fingerprint density at radius 2 is 2.06 bits per heavy atom. The number of nitrogens with zero attached hydrogens (tertiary/aromatic N) is 1. The van der Waals surface area contributed by atoms with E-state index in [-0.39, 0.29) is 11.7 Å². The summed E-state index contributed by atoms with van der Waals surface area (Å²) in [5, 5.41) is 0. The average molecular weight is 241 g/mol. The van der Waals surface area contributed by atoms with E-state index in [1.54, 1.807) is 6.92 Å². The van der Waals surface area contributed by atoms with Gasteiger partial charge in [-0.3, -0.25) is 9.78 Å². The first-order valence-corrected chi connectivity index (χ1v) is 6.26. The Labute approximate surface area is 108 Å². The van der Waals surface area contributed by atoms with Crippen LogP contribution in [0, 0.1) is 6.92 Å². The molecule has 2 nitrogen and oxygen atoms in total. The minimum Gasteiger partial charge on any atom is -0.294 e. The molecule has 0 saturated carbocycles. The normalized spacial score (nSPS) is 18.0. The number of pyridine rings is 1. The summed E-state index contributed by atoms with van der Waals surface area (Å²) in [7, 11) is 0. The van der Waals surface area contributed by atoms with Crippen molar-refractivity contribution in [1.82, 2.24) is 4.98 Å². The summed E-state index contributed by atoms with van der Waals surface area (Å²) in [6, 6.07) is 2.01. The Morgan fingerprint density at radius 3 is 2.61 bits per heavy atom. The zero-order valence-electron chi connectivity index (χ0n) is 11.5. The van der Waals surface area contributed by atoms with Gasteiger partial charge in [-0.15, -0.1) is 0 Å². The molecule has 2 heteroatoms. The van der Waals surface area contributed by atoms with Gasteiger partial charge < -0.3 is 0 Å². The number of fused-ring (bicyclic) bond motifs is 1. The van der Waals surface area contributed by atoms with Gasteiger partial charge in [0.2, 0.25) is 0 Å². The predicted molar refractivity (Wildman–Crippen MR) is 74.8 cm³/mol. The van der Waals surface area contributed by atoms with Crippen LogP contribution >= 0.6 is 0 Å². The van der Waals surface area contributed by atoms with E-state index >= 15 is 0 Å². The Hall–Kier alpha value is -1.70. The molecular weight excluding hydrogens is 222 g/mol. The maximum Gasteiger partial charge on any atom is 0.161 e. The standard InChI is InChI=1S/C16H19NO/c1-9(2)13-7-6-10(3)16-15(13)8-14(12(5)18)11(4)17-16/h6,8,13H,1,7H2,2-5H3. The summed E-state index contributed by atoms with van der Waals surface area (Å²) in [6.07, 6.45) is 3.16. The quantitative estimate of drug-likeness (QED) is 0.577. The minimum absolute atomic E-state index is 0.0791. The molecule has 0 amide bonds. The number of aryl methyl sites for hydroxylation is 1. The molecule has 0 saturated heterocycles. The second-order valence-corrected chi connectivity index (χ2v) is 5.14. The summed E-state index contributed by atoms with van der Waals surface area (Å²) < 4.78 is 0. The van der Waals surface area contributed by atoms with Crippen molar-refractivity contribution in [2.45, 2.75) is 40.0 Å². The van der Waals surface area contributed by atoms with Crippen molar-refractivity contribution >= 4 is 11.4 Å². The Kier molecular flexibility index (Phi) is 3.20. The topological polar surface area (TPSA) is 30.0 Å². The van der Waals surface area contributed by atoms with E-state index in [9.17, 15) is 4.79 Å². The number of Topliss-reactive ketones (excluding diaryl/α,β-unsaturated/α-hetero) is 1. The number of hydrogen-bond donors (Lipinski definition) is 0. The molecule has 1 aromatic heterocycles. The van der Waals surface area contributed by atoms with Gasteiger partial charge in [-0.2, -0.15) is 0 Å². The van der Waals surface area contributed by atoms with E-state index in [4.69, 9.17) is 0 Å². The first-order valence-electron chi connectivity index (χ1n) is 6.26. The number of rotatable bonds is 2. The highest BCUT2D eigenvalue weighted by Gasteiger charge is 2.23.